The molecule has 0 unspecified atom stereocenters. The van der Waals surface area contributed by atoms with Gasteiger partial charge in [0.25, 0.3) is 5.91 Å². The number of carbonyl (C=O) groups excluding carboxylic acids is 1. The van der Waals surface area contributed by atoms with Crippen molar-refractivity contribution in [2.75, 3.05) is 11.1 Å². The molecule has 0 aliphatic carbocycles. The number of nitrogen functional groups attached to an aromatic ring is 1. The number of para-hydroxylation sites is 1. The van der Waals surface area contributed by atoms with Gasteiger partial charge in [-0.2, -0.15) is 0 Å². The van der Waals surface area contributed by atoms with E-state index in [-0.39, 0.29) is 17.0 Å². The summed E-state index contributed by atoms with van der Waals surface area (Å²) in [4.78, 5) is 16.2. The zero-order valence-electron chi connectivity index (χ0n) is 10.8. The van der Waals surface area contributed by atoms with E-state index in [2.05, 4.69) is 10.3 Å². The highest BCUT2D eigenvalue weighted by atomic mass is 16.3. The van der Waals surface area contributed by atoms with Crippen LogP contribution in [-0.4, -0.2) is 16.0 Å². The number of phenols is 1. The van der Waals surface area contributed by atoms with Crippen LogP contribution in [0.4, 0.5) is 11.5 Å². The first kappa shape index (κ1) is 12.9. The number of amides is 1. The summed E-state index contributed by atoms with van der Waals surface area (Å²) in [5.41, 5.74) is 7.66. The Labute approximate surface area is 111 Å². The van der Waals surface area contributed by atoms with Crippen LogP contribution in [0.1, 0.15) is 21.6 Å². The van der Waals surface area contributed by atoms with Crippen LogP contribution in [0.25, 0.3) is 0 Å². The third-order valence-electron chi connectivity index (χ3n) is 2.65. The summed E-state index contributed by atoms with van der Waals surface area (Å²) >= 11 is 0. The van der Waals surface area contributed by atoms with Gasteiger partial charge in [0, 0.05) is 5.69 Å². The molecule has 19 heavy (non-hydrogen) atoms. The number of anilines is 2. The maximum atomic E-state index is 12.0. The Hall–Kier alpha value is -2.56. The van der Waals surface area contributed by atoms with Gasteiger partial charge in [-0.05, 0) is 43.7 Å². The summed E-state index contributed by atoms with van der Waals surface area (Å²) in [5.74, 6) is -0.212. The fraction of sp³-hybridized carbons (Fsp3) is 0.143. The van der Waals surface area contributed by atoms with Crippen LogP contribution in [0.2, 0.25) is 0 Å². The minimum Gasteiger partial charge on any atom is -0.505 e. The average Bonchev–Trinajstić information content (AvgIpc) is 2.31. The van der Waals surface area contributed by atoms with Gasteiger partial charge < -0.3 is 16.2 Å². The molecule has 0 aliphatic heterocycles. The lowest BCUT2D eigenvalue weighted by atomic mass is 10.1. The van der Waals surface area contributed by atoms with E-state index >= 15 is 0 Å². The van der Waals surface area contributed by atoms with Gasteiger partial charge in [0.1, 0.15) is 5.82 Å². The summed E-state index contributed by atoms with van der Waals surface area (Å²) in [7, 11) is 0. The van der Waals surface area contributed by atoms with E-state index in [0.717, 1.165) is 11.3 Å². The van der Waals surface area contributed by atoms with Gasteiger partial charge >= 0.3 is 0 Å². The third-order valence-corrected chi connectivity index (χ3v) is 2.65. The first-order chi connectivity index (χ1) is 8.97. The standard InChI is InChI=1S/C14H15N3O2/c1-8-6-9(2)16-12(7-8)17-14(19)10-4-3-5-11(15)13(10)18/h3-7,18H,15H2,1-2H3,(H,16,17,19). The van der Waals surface area contributed by atoms with Crippen molar-refractivity contribution in [2.45, 2.75) is 13.8 Å². The predicted octanol–water partition coefficient (Wildman–Crippen LogP) is 2.24. The number of rotatable bonds is 2. The Morgan fingerprint density at radius 3 is 2.74 bits per heavy atom. The smallest absolute Gasteiger partial charge is 0.260 e. The molecule has 5 heteroatoms. The number of phenolic OH excluding ortho intramolecular Hbond substituents is 1. The molecule has 4 N–H and O–H groups in total. The third kappa shape index (κ3) is 2.82. The van der Waals surface area contributed by atoms with Crippen LogP contribution in [0, 0.1) is 13.8 Å². The molecule has 2 rings (SSSR count). The monoisotopic (exact) mass is 257 g/mol. The predicted molar refractivity (Wildman–Crippen MR) is 74.2 cm³/mol. The van der Waals surface area contributed by atoms with Crippen LogP contribution >= 0.6 is 0 Å². The molecular formula is C14H15N3O2. The second-order valence-electron chi connectivity index (χ2n) is 4.37. The van der Waals surface area contributed by atoms with Gasteiger partial charge in [-0.1, -0.05) is 6.07 Å². The van der Waals surface area contributed by atoms with Gasteiger partial charge in [-0.3, -0.25) is 4.79 Å². The van der Waals surface area contributed by atoms with Crippen molar-refractivity contribution in [1.29, 1.82) is 0 Å². The summed E-state index contributed by atoms with van der Waals surface area (Å²) < 4.78 is 0. The van der Waals surface area contributed by atoms with E-state index < -0.39 is 5.91 Å². The number of hydrogen-bond acceptors (Lipinski definition) is 4. The number of aromatic hydroxyl groups is 1. The molecule has 1 amide bonds. The average molecular weight is 257 g/mol. The molecular weight excluding hydrogens is 242 g/mol. The molecule has 0 saturated heterocycles. The van der Waals surface area contributed by atoms with E-state index in [1.807, 2.05) is 19.9 Å². The number of aryl methyl sites for hydroxylation is 2. The highest BCUT2D eigenvalue weighted by Gasteiger charge is 2.13. The largest absolute Gasteiger partial charge is 0.505 e. The highest BCUT2D eigenvalue weighted by molar-refractivity contribution is 6.06. The molecule has 98 valence electrons. The normalized spacial score (nSPS) is 10.2. The van der Waals surface area contributed by atoms with Crippen molar-refractivity contribution in [3.8, 4) is 5.75 Å². The zero-order valence-corrected chi connectivity index (χ0v) is 10.8. The Balaban J connectivity index is 2.28. The molecule has 0 saturated carbocycles. The van der Waals surface area contributed by atoms with Crippen LogP contribution in [0.15, 0.2) is 30.3 Å². The number of aromatic nitrogens is 1. The lowest BCUT2D eigenvalue weighted by Gasteiger charge is -2.08. The molecule has 0 spiro atoms. The lowest BCUT2D eigenvalue weighted by Crippen LogP contribution is -2.14. The Bertz CT molecular complexity index is 618. The van der Waals surface area contributed by atoms with E-state index in [9.17, 15) is 9.90 Å². The maximum absolute atomic E-state index is 12.0. The first-order valence-corrected chi connectivity index (χ1v) is 5.81. The maximum Gasteiger partial charge on any atom is 0.260 e. The van der Waals surface area contributed by atoms with E-state index in [0.29, 0.717) is 5.82 Å². The molecule has 2 aromatic rings. The van der Waals surface area contributed by atoms with Gasteiger partial charge in [0.2, 0.25) is 0 Å². The van der Waals surface area contributed by atoms with Crippen LogP contribution in [-0.2, 0) is 0 Å². The van der Waals surface area contributed by atoms with E-state index in [4.69, 9.17) is 5.73 Å². The van der Waals surface area contributed by atoms with Crippen LogP contribution in [0.3, 0.4) is 0 Å². The molecule has 1 aromatic heterocycles. The summed E-state index contributed by atoms with van der Waals surface area (Å²) in [6, 6.07) is 8.31. The number of hydrogen-bond donors (Lipinski definition) is 3. The summed E-state index contributed by atoms with van der Waals surface area (Å²) in [6.45, 7) is 3.77. The molecule has 5 nitrogen and oxygen atoms in total. The van der Waals surface area contributed by atoms with Gasteiger partial charge in [0.15, 0.2) is 5.75 Å². The van der Waals surface area contributed by atoms with Crippen LogP contribution < -0.4 is 11.1 Å². The Kier molecular flexibility index (Phi) is 3.37. The molecule has 0 radical (unpaired) electrons. The molecule has 0 bridgehead atoms. The number of benzene rings is 1. The SMILES string of the molecule is Cc1cc(C)nc(NC(=O)c2cccc(N)c2O)c1. The summed E-state index contributed by atoms with van der Waals surface area (Å²) in [5, 5.41) is 12.4. The molecule has 0 aliphatic rings. The number of nitrogens with one attached hydrogen (secondary N) is 1. The lowest BCUT2D eigenvalue weighted by molar-refractivity contribution is 0.102. The number of pyridine rings is 1. The van der Waals surface area contributed by atoms with Crippen molar-refractivity contribution >= 4 is 17.4 Å². The topological polar surface area (TPSA) is 88.2 Å². The highest BCUT2D eigenvalue weighted by Crippen LogP contribution is 2.25. The number of nitrogens with two attached hydrogens (primary N) is 1. The molecule has 1 aromatic carbocycles. The van der Waals surface area contributed by atoms with Crippen molar-refractivity contribution in [3.63, 3.8) is 0 Å². The van der Waals surface area contributed by atoms with Crippen LogP contribution in [0.5, 0.6) is 5.75 Å². The van der Waals surface area contributed by atoms with Crippen molar-refractivity contribution < 1.29 is 9.90 Å². The second-order valence-corrected chi connectivity index (χ2v) is 4.37. The van der Waals surface area contributed by atoms with Crippen molar-refractivity contribution in [1.82, 2.24) is 4.98 Å². The Morgan fingerprint density at radius 2 is 2.05 bits per heavy atom. The minimum atomic E-state index is -0.442. The molecule has 1 heterocycles. The molecule has 0 fully saturated rings. The molecule has 0 atom stereocenters. The second kappa shape index (κ2) is 4.97. The number of carbonyl (C=O) groups is 1. The summed E-state index contributed by atoms with van der Waals surface area (Å²) in [6.07, 6.45) is 0. The van der Waals surface area contributed by atoms with Gasteiger partial charge in [-0.15, -0.1) is 0 Å². The fourth-order valence-corrected chi connectivity index (χ4v) is 1.83. The van der Waals surface area contributed by atoms with E-state index in [1.165, 1.54) is 12.1 Å². The number of nitrogens with zero attached hydrogens (tertiary/aromatic N) is 1. The first-order valence-electron chi connectivity index (χ1n) is 5.81. The van der Waals surface area contributed by atoms with Gasteiger partial charge in [0.05, 0.1) is 11.3 Å². The van der Waals surface area contributed by atoms with Crippen molar-refractivity contribution in [3.05, 3.63) is 47.2 Å². The zero-order chi connectivity index (χ0) is 14.0. The van der Waals surface area contributed by atoms with E-state index in [1.54, 1.807) is 12.1 Å². The Morgan fingerprint density at radius 1 is 1.32 bits per heavy atom. The minimum absolute atomic E-state index is 0.126. The quantitative estimate of drug-likeness (QED) is 0.568. The fourth-order valence-electron chi connectivity index (χ4n) is 1.83. The van der Waals surface area contributed by atoms with Crippen molar-refractivity contribution in [2.24, 2.45) is 0 Å². The van der Waals surface area contributed by atoms with Gasteiger partial charge in [-0.25, -0.2) is 4.98 Å².